The zero-order valence-electron chi connectivity index (χ0n) is 21.3. The summed E-state index contributed by atoms with van der Waals surface area (Å²) in [6.45, 7) is 5.22. The second kappa shape index (κ2) is 8.66. The van der Waals surface area contributed by atoms with Crippen molar-refractivity contribution in [2.75, 3.05) is 0 Å². The quantitative estimate of drug-likeness (QED) is 0.445. The third kappa shape index (κ3) is 3.70. The summed E-state index contributed by atoms with van der Waals surface area (Å²) in [4.78, 5) is 16.6. The summed E-state index contributed by atoms with van der Waals surface area (Å²) in [7, 11) is 0. The largest absolute Gasteiger partial charge is 0.408 e. The van der Waals surface area contributed by atoms with Gasteiger partial charge in [-0.1, -0.05) is 26.7 Å². The first-order chi connectivity index (χ1) is 16.8. The fourth-order valence-corrected chi connectivity index (χ4v) is 9.63. The number of aromatic nitrogens is 1. The Morgan fingerprint density at radius 1 is 0.971 bits per heavy atom. The summed E-state index contributed by atoms with van der Waals surface area (Å²) >= 11 is 0. The highest BCUT2D eigenvalue weighted by Gasteiger charge is 2.59. The Labute approximate surface area is 207 Å². The first-order valence-corrected chi connectivity index (χ1v) is 14.1. The average Bonchev–Trinajstić information content (AvgIpc) is 3.17. The molecule has 0 aliphatic heterocycles. The highest BCUT2D eigenvalue weighted by atomic mass is 19.2. The molecule has 0 amide bonds. The van der Waals surface area contributed by atoms with E-state index in [0.29, 0.717) is 29.1 Å². The normalized spacial score (nSPS) is 38.7. The third-order valence-electron chi connectivity index (χ3n) is 11.5. The van der Waals surface area contributed by atoms with Crippen molar-refractivity contribution in [1.82, 2.24) is 4.98 Å². The number of aryl methyl sites for hydroxylation is 1. The number of halogens is 2. The Balaban J connectivity index is 1.13. The molecule has 0 saturated heterocycles. The molecule has 1 aromatic carbocycles. The van der Waals surface area contributed by atoms with Gasteiger partial charge in [-0.2, -0.15) is 0 Å². The minimum absolute atomic E-state index is 0.174. The lowest BCUT2D eigenvalue weighted by Crippen LogP contribution is -2.52. The molecule has 4 aliphatic carbocycles. The number of hydrogen-bond donors (Lipinski definition) is 0. The molecule has 35 heavy (non-hydrogen) atoms. The van der Waals surface area contributed by atoms with E-state index in [1.54, 1.807) is 0 Å². The standard InChI is InChI=1S/C30H39F2NO2/c1-29-16-4-3-6-18(29)9-11-20-21-12-10-19(30(21,2)17-15-22(20)29)7-5-8-25-33-24-14-13-23(31)27(32)26(24)28(34)35-25/h13-14,18-22H,3-12,15-17H2,1-2H3. The second-order valence-corrected chi connectivity index (χ2v) is 12.8. The number of hydrogen-bond acceptors (Lipinski definition) is 3. The molecule has 0 spiro atoms. The van der Waals surface area contributed by atoms with Gasteiger partial charge in [0, 0.05) is 6.42 Å². The van der Waals surface area contributed by atoms with Gasteiger partial charge in [0.2, 0.25) is 0 Å². The van der Waals surface area contributed by atoms with E-state index in [0.717, 1.165) is 42.6 Å². The molecule has 1 aromatic heterocycles. The van der Waals surface area contributed by atoms with E-state index >= 15 is 0 Å². The SMILES string of the molecule is CC12CCCCC1CCC1C2CCC2(C)C(CCCc3nc4ccc(F)c(F)c4c(=O)o3)CCC12. The van der Waals surface area contributed by atoms with Crippen molar-refractivity contribution in [1.29, 1.82) is 0 Å². The predicted molar refractivity (Wildman–Crippen MR) is 133 cm³/mol. The van der Waals surface area contributed by atoms with E-state index in [1.807, 2.05) is 0 Å². The van der Waals surface area contributed by atoms with E-state index in [4.69, 9.17) is 4.42 Å². The highest BCUT2D eigenvalue weighted by molar-refractivity contribution is 5.77. The summed E-state index contributed by atoms with van der Waals surface area (Å²) < 4.78 is 32.8. The molecule has 0 radical (unpaired) electrons. The minimum Gasteiger partial charge on any atom is -0.408 e. The summed E-state index contributed by atoms with van der Waals surface area (Å²) in [5.74, 6) is 2.49. The van der Waals surface area contributed by atoms with Crippen LogP contribution >= 0.6 is 0 Å². The molecule has 4 aliphatic rings. The van der Waals surface area contributed by atoms with Crippen molar-refractivity contribution >= 4 is 10.9 Å². The molecule has 1 heterocycles. The summed E-state index contributed by atoms with van der Waals surface area (Å²) in [6.07, 6.45) is 16.7. The van der Waals surface area contributed by atoms with Crippen molar-refractivity contribution in [2.24, 2.45) is 40.4 Å². The third-order valence-corrected chi connectivity index (χ3v) is 11.5. The van der Waals surface area contributed by atoms with Crippen molar-refractivity contribution < 1.29 is 13.2 Å². The van der Waals surface area contributed by atoms with Gasteiger partial charge < -0.3 is 4.42 Å². The monoisotopic (exact) mass is 483 g/mol. The topological polar surface area (TPSA) is 43.1 Å². The van der Waals surface area contributed by atoms with Gasteiger partial charge >= 0.3 is 5.63 Å². The van der Waals surface area contributed by atoms with Crippen LogP contribution in [0.25, 0.3) is 10.9 Å². The van der Waals surface area contributed by atoms with Gasteiger partial charge in [-0.25, -0.2) is 18.6 Å². The lowest BCUT2D eigenvalue weighted by molar-refractivity contribution is -0.111. The molecule has 3 nitrogen and oxygen atoms in total. The van der Waals surface area contributed by atoms with Gasteiger partial charge in [0.15, 0.2) is 17.5 Å². The van der Waals surface area contributed by atoms with Gasteiger partial charge in [0.1, 0.15) is 5.39 Å². The van der Waals surface area contributed by atoms with Crippen LogP contribution in [0.5, 0.6) is 0 Å². The van der Waals surface area contributed by atoms with Gasteiger partial charge in [-0.3, -0.25) is 0 Å². The van der Waals surface area contributed by atoms with E-state index in [2.05, 4.69) is 18.8 Å². The molecule has 190 valence electrons. The number of nitrogens with zero attached hydrogens (tertiary/aromatic N) is 1. The van der Waals surface area contributed by atoms with Crippen LogP contribution < -0.4 is 5.63 Å². The lowest BCUT2D eigenvalue weighted by Gasteiger charge is -2.60. The maximum Gasteiger partial charge on any atom is 0.349 e. The fourth-order valence-electron chi connectivity index (χ4n) is 9.63. The van der Waals surface area contributed by atoms with Crippen LogP contribution in [0, 0.1) is 52.1 Å². The Hall–Kier alpha value is -1.78. The van der Waals surface area contributed by atoms with Gasteiger partial charge in [-0.05, 0) is 117 Å². The number of benzene rings is 1. The zero-order valence-corrected chi connectivity index (χ0v) is 21.3. The molecule has 7 atom stereocenters. The molecule has 5 heteroatoms. The van der Waals surface area contributed by atoms with Gasteiger partial charge in [-0.15, -0.1) is 0 Å². The predicted octanol–water partition coefficient (Wildman–Crippen LogP) is 7.84. The van der Waals surface area contributed by atoms with Crippen LogP contribution in [-0.2, 0) is 6.42 Å². The molecular weight excluding hydrogens is 444 g/mol. The van der Waals surface area contributed by atoms with Crippen molar-refractivity contribution in [3.8, 4) is 0 Å². The Morgan fingerprint density at radius 3 is 2.66 bits per heavy atom. The molecule has 4 fully saturated rings. The maximum absolute atomic E-state index is 14.0. The van der Waals surface area contributed by atoms with Crippen LogP contribution in [0.15, 0.2) is 21.3 Å². The molecule has 0 bridgehead atoms. The van der Waals surface area contributed by atoms with Crippen molar-refractivity contribution in [2.45, 2.75) is 97.3 Å². The van der Waals surface area contributed by atoms with Crippen LogP contribution in [0.4, 0.5) is 8.78 Å². The van der Waals surface area contributed by atoms with Crippen LogP contribution in [-0.4, -0.2) is 4.98 Å². The van der Waals surface area contributed by atoms with Crippen LogP contribution in [0.2, 0.25) is 0 Å². The van der Waals surface area contributed by atoms with E-state index in [1.165, 1.54) is 70.3 Å². The van der Waals surface area contributed by atoms with Gasteiger partial charge in [0.05, 0.1) is 5.52 Å². The molecular formula is C30H39F2NO2. The molecule has 4 saturated carbocycles. The smallest absolute Gasteiger partial charge is 0.349 e. The Kier molecular flexibility index (Phi) is 5.84. The Bertz CT molecular complexity index is 1180. The van der Waals surface area contributed by atoms with E-state index < -0.39 is 22.6 Å². The second-order valence-electron chi connectivity index (χ2n) is 12.8. The summed E-state index contributed by atoms with van der Waals surface area (Å²) in [6, 6.07) is 2.38. The zero-order chi connectivity index (χ0) is 24.4. The lowest BCUT2D eigenvalue weighted by atomic mass is 9.45. The van der Waals surface area contributed by atoms with Crippen molar-refractivity contribution in [3.05, 3.63) is 40.1 Å². The van der Waals surface area contributed by atoms with Crippen molar-refractivity contribution in [3.63, 3.8) is 0 Å². The van der Waals surface area contributed by atoms with E-state index in [9.17, 15) is 13.6 Å². The highest BCUT2D eigenvalue weighted by Crippen LogP contribution is 2.67. The minimum atomic E-state index is -1.17. The Morgan fingerprint density at radius 2 is 1.80 bits per heavy atom. The van der Waals surface area contributed by atoms with E-state index in [-0.39, 0.29) is 5.52 Å². The maximum atomic E-state index is 14.0. The summed E-state index contributed by atoms with van der Waals surface area (Å²) in [5, 5.41) is -0.391. The number of fused-ring (bicyclic) bond motifs is 6. The molecule has 6 rings (SSSR count). The molecule has 7 unspecified atom stereocenters. The summed E-state index contributed by atoms with van der Waals surface area (Å²) in [5.41, 5.74) is 0.354. The first-order valence-electron chi connectivity index (χ1n) is 14.1. The van der Waals surface area contributed by atoms with Crippen LogP contribution in [0.1, 0.15) is 96.8 Å². The fraction of sp³-hybridized carbons (Fsp3) is 0.733. The average molecular weight is 484 g/mol. The van der Waals surface area contributed by atoms with Gasteiger partial charge in [0.25, 0.3) is 0 Å². The first kappa shape index (κ1) is 23.6. The number of rotatable bonds is 4. The molecule has 0 N–H and O–H groups in total. The van der Waals surface area contributed by atoms with Crippen LogP contribution in [0.3, 0.4) is 0 Å². The molecule has 2 aromatic rings.